The van der Waals surface area contributed by atoms with E-state index in [1.807, 2.05) is 27.7 Å². The highest BCUT2D eigenvalue weighted by molar-refractivity contribution is 5.04. The molecule has 0 aromatic carbocycles. The van der Waals surface area contributed by atoms with E-state index in [1.165, 1.54) is 0 Å². The molecule has 0 unspecified atom stereocenters. The average Bonchev–Trinajstić information content (AvgIpc) is 2.89. The Morgan fingerprint density at radius 1 is 0.947 bits per heavy atom. The predicted octanol–water partition coefficient (Wildman–Crippen LogP) is 1.30. The fourth-order valence-electron chi connectivity index (χ4n) is 2.89. The Balaban J connectivity index is 1.78. The molecule has 3 fully saturated rings. The second-order valence-corrected chi connectivity index (χ2v) is 6.05. The highest BCUT2D eigenvalue weighted by Crippen LogP contribution is 2.42. The van der Waals surface area contributed by atoms with Crippen LogP contribution in [0.25, 0.3) is 4.85 Å². The summed E-state index contributed by atoms with van der Waals surface area (Å²) in [7, 11) is 0. The van der Waals surface area contributed by atoms with Crippen molar-refractivity contribution in [3.63, 3.8) is 0 Å². The molecule has 106 valence electrons. The van der Waals surface area contributed by atoms with Gasteiger partial charge in [-0.2, -0.15) is 0 Å². The first-order valence-corrected chi connectivity index (χ1v) is 6.51. The molecule has 0 saturated carbocycles. The normalized spacial score (nSPS) is 47.0. The van der Waals surface area contributed by atoms with Crippen LogP contribution in [0.15, 0.2) is 0 Å². The minimum atomic E-state index is -0.685. The Labute approximate surface area is 112 Å². The molecule has 5 atom stereocenters. The van der Waals surface area contributed by atoms with Crippen LogP contribution < -0.4 is 0 Å². The third-order valence-electron chi connectivity index (χ3n) is 3.59. The summed E-state index contributed by atoms with van der Waals surface area (Å²) in [6.07, 6.45) is -1.83. The summed E-state index contributed by atoms with van der Waals surface area (Å²) in [6.45, 7) is 15.1. The van der Waals surface area contributed by atoms with Crippen molar-refractivity contribution in [2.45, 2.75) is 69.9 Å². The van der Waals surface area contributed by atoms with E-state index in [2.05, 4.69) is 4.85 Å². The molecular weight excluding hydrogens is 250 g/mol. The molecule has 3 saturated heterocycles. The lowest BCUT2D eigenvalue weighted by molar-refractivity contribution is -0.202. The van der Waals surface area contributed by atoms with Crippen LogP contribution in [0, 0.1) is 6.57 Å². The zero-order chi connectivity index (χ0) is 13.8. The van der Waals surface area contributed by atoms with Crippen molar-refractivity contribution in [3.8, 4) is 0 Å². The van der Waals surface area contributed by atoms with Crippen molar-refractivity contribution in [2.24, 2.45) is 0 Å². The molecule has 19 heavy (non-hydrogen) atoms. The second kappa shape index (κ2) is 4.14. The molecule has 6 nitrogen and oxygen atoms in total. The number of fused-ring (bicyclic) bond motifs is 1. The Kier molecular flexibility index (Phi) is 2.89. The molecule has 0 N–H and O–H groups in total. The van der Waals surface area contributed by atoms with Crippen LogP contribution in [0.3, 0.4) is 0 Å². The van der Waals surface area contributed by atoms with Gasteiger partial charge in [0.2, 0.25) is 0 Å². The predicted molar refractivity (Wildman–Crippen MR) is 64.0 cm³/mol. The first kappa shape index (κ1) is 13.3. The van der Waals surface area contributed by atoms with Gasteiger partial charge in [-0.1, -0.05) is 0 Å². The highest BCUT2D eigenvalue weighted by Gasteiger charge is 2.61. The minimum Gasteiger partial charge on any atom is -0.348 e. The Bertz CT molecular complexity index is 416. The second-order valence-electron chi connectivity index (χ2n) is 6.05. The van der Waals surface area contributed by atoms with Crippen molar-refractivity contribution < 1.29 is 23.7 Å². The fourth-order valence-corrected chi connectivity index (χ4v) is 2.89. The molecule has 0 spiro atoms. The van der Waals surface area contributed by atoms with Gasteiger partial charge in [0.15, 0.2) is 17.7 Å². The monoisotopic (exact) mass is 269 g/mol. The zero-order valence-corrected chi connectivity index (χ0v) is 11.6. The third kappa shape index (κ3) is 2.26. The van der Waals surface area contributed by atoms with Gasteiger partial charge in [-0.15, -0.1) is 0 Å². The van der Waals surface area contributed by atoms with E-state index in [0.29, 0.717) is 6.61 Å². The summed E-state index contributed by atoms with van der Waals surface area (Å²) in [5.41, 5.74) is 0. The van der Waals surface area contributed by atoms with Crippen LogP contribution in [-0.2, 0) is 23.7 Å². The van der Waals surface area contributed by atoms with E-state index in [9.17, 15) is 0 Å². The van der Waals surface area contributed by atoms with E-state index in [1.54, 1.807) is 0 Å². The number of rotatable bonds is 1. The van der Waals surface area contributed by atoms with Gasteiger partial charge in [-0.05, 0) is 27.7 Å². The number of hydrogen-bond acceptors (Lipinski definition) is 5. The Morgan fingerprint density at radius 2 is 1.63 bits per heavy atom. The maximum Gasteiger partial charge on any atom is 0.357 e. The maximum atomic E-state index is 7.21. The lowest BCUT2D eigenvalue weighted by Gasteiger charge is -2.25. The summed E-state index contributed by atoms with van der Waals surface area (Å²) in [5.74, 6) is -1.30. The molecule has 6 heteroatoms. The van der Waals surface area contributed by atoms with Crippen LogP contribution in [0.1, 0.15) is 27.7 Å². The number of nitrogens with zero attached hydrogens (tertiary/aromatic N) is 1. The van der Waals surface area contributed by atoms with E-state index >= 15 is 0 Å². The van der Waals surface area contributed by atoms with Gasteiger partial charge in [0.25, 0.3) is 0 Å². The first-order valence-electron chi connectivity index (χ1n) is 6.51. The molecule has 3 rings (SSSR count). The molecule has 3 heterocycles. The molecule has 3 aliphatic heterocycles. The van der Waals surface area contributed by atoms with Crippen molar-refractivity contribution in [2.75, 3.05) is 6.61 Å². The molecule has 0 amide bonds. The summed E-state index contributed by atoms with van der Waals surface area (Å²) >= 11 is 0. The van der Waals surface area contributed by atoms with Crippen molar-refractivity contribution in [1.29, 1.82) is 0 Å². The lowest BCUT2D eigenvalue weighted by Crippen LogP contribution is -2.40. The first-order chi connectivity index (χ1) is 8.81. The molecular formula is C13H19NO5. The van der Waals surface area contributed by atoms with Gasteiger partial charge >= 0.3 is 6.23 Å². The largest absolute Gasteiger partial charge is 0.357 e. The van der Waals surface area contributed by atoms with Crippen molar-refractivity contribution in [1.82, 2.24) is 0 Å². The summed E-state index contributed by atoms with van der Waals surface area (Å²) < 4.78 is 28.7. The maximum absolute atomic E-state index is 7.21. The van der Waals surface area contributed by atoms with Crippen LogP contribution in [0.2, 0.25) is 0 Å². The minimum absolute atomic E-state index is 0.230. The molecule has 0 bridgehead atoms. The van der Waals surface area contributed by atoms with E-state index in [-0.39, 0.29) is 24.4 Å². The fraction of sp³-hybridized carbons (Fsp3) is 0.923. The molecule has 0 aliphatic carbocycles. The van der Waals surface area contributed by atoms with Crippen LogP contribution in [0.5, 0.6) is 0 Å². The Morgan fingerprint density at radius 3 is 2.21 bits per heavy atom. The van der Waals surface area contributed by atoms with Crippen LogP contribution in [-0.4, -0.2) is 48.8 Å². The van der Waals surface area contributed by atoms with Crippen LogP contribution >= 0.6 is 0 Å². The molecule has 3 aliphatic rings. The van der Waals surface area contributed by atoms with Gasteiger partial charge in [0, 0.05) is 0 Å². The summed E-state index contributed by atoms with van der Waals surface area (Å²) in [6, 6.07) is 0. The smallest absolute Gasteiger partial charge is 0.348 e. The average molecular weight is 269 g/mol. The third-order valence-corrected chi connectivity index (χ3v) is 3.59. The SMILES string of the molecule is [C-]#[N+][C@@H]1O[C@H]([C@H]2COC(C)(C)O2)[C@@H]2OC(C)(C)O[C@@H]21. The molecule has 0 radical (unpaired) electrons. The van der Waals surface area contributed by atoms with Crippen molar-refractivity contribution in [3.05, 3.63) is 11.4 Å². The zero-order valence-electron chi connectivity index (χ0n) is 11.6. The van der Waals surface area contributed by atoms with E-state index in [0.717, 1.165) is 0 Å². The topological polar surface area (TPSA) is 50.5 Å². The van der Waals surface area contributed by atoms with Crippen molar-refractivity contribution >= 4 is 0 Å². The Hall–Kier alpha value is -0.710. The number of hydrogen-bond donors (Lipinski definition) is 0. The summed E-state index contributed by atoms with van der Waals surface area (Å²) in [5, 5.41) is 0. The molecule has 0 aromatic rings. The van der Waals surface area contributed by atoms with E-state index < -0.39 is 17.8 Å². The van der Waals surface area contributed by atoms with E-state index in [4.69, 9.17) is 30.3 Å². The highest BCUT2D eigenvalue weighted by atomic mass is 16.8. The quantitative estimate of drug-likeness (QED) is 0.672. The van der Waals surface area contributed by atoms with Gasteiger partial charge in [-0.25, -0.2) is 6.57 Å². The lowest BCUT2D eigenvalue weighted by atomic mass is 10.1. The summed E-state index contributed by atoms with van der Waals surface area (Å²) in [4.78, 5) is 3.48. The van der Waals surface area contributed by atoms with Gasteiger partial charge < -0.3 is 18.9 Å². The standard InChI is InChI=1S/C13H19NO5/c1-12(2)15-6-7(17-12)8-9-10(11(14-5)16-8)19-13(3,4)18-9/h7-11H,6H2,1-4H3/t7-,8-,9+,10+,11-/m1/s1. The number of ether oxygens (including phenoxy) is 5. The van der Waals surface area contributed by atoms with Gasteiger partial charge in [0.05, 0.1) is 6.61 Å². The van der Waals surface area contributed by atoms with Gasteiger partial charge in [0.1, 0.15) is 18.3 Å². The van der Waals surface area contributed by atoms with Crippen LogP contribution in [0.4, 0.5) is 0 Å². The van der Waals surface area contributed by atoms with Gasteiger partial charge in [-0.3, -0.25) is 9.58 Å². The molecule has 0 aromatic heterocycles.